The maximum absolute atomic E-state index is 5.87. The summed E-state index contributed by atoms with van der Waals surface area (Å²) in [6.07, 6.45) is 4.18. The van der Waals surface area contributed by atoms with E-state index in [0.29, 0.717) is 11.1 Å². The highest BCUT2D eigenvalue weighted by molar-refractivity contribution is 9.10. The largest absolute Gasteiger partial charge is 0.380 e. The van der Waals surface area contributed by atoms with Gasteiger partial charge >= 0.3 is 0 Å². The van der Waals surface area contributed by atoms with Crippen molar-refractivity contribution in [2.75, 3.05) is 5.32 Å². The summed E-state index contributed by atoms with van der Waals surface area (Å²) in [6, 6.07) is 2.48. The molecule has 1 heterocycles. The van der Waals surface area contributed by atoms with Crippen LogP contribution in [0.3, 0.4) is 0 Å². The van der Waals surface area contributed by atoms with Crippen LogP contribution in [-0.4, -0.2) is 11.0 Å². The van der Waals surface area contributed by atoms with Crippen LogP contribution in [0.4, 0.5) is 5.69 Å². The van der Waals surface area contributed by atoms with Crippen LogP contribution in [0, 0.1) is 5.92 Å². The average molecular weight is 276 g/mol. The Hall–Kier alpha value is -0.280. The first-order chi connectivity index (χ1) is 6.66. The van der Waals surface area contributed by atoms with Crippen LogP contribution < -0.4 is 5.32 Å². The van der Waals surface area contributed by atoms with Crippen LogP contribution in [0.25, 0.3) is 0 Å². The lowest BCUT2D eigenvalue weighted by molar-refractivity contribution is 0.303. The molecule has 0 radical (unpaired) electrons. The average Bonchev–Trinajstić information content (AvgIpc) is 2.17. The number of nitrogens with zero attached hydrogens (tertiary/aromatic N) is 1. The topological polar surface area (TPSA) is 24.9 Å². The molecule has 76 valence electrons. The maximum Gasteiger partial charge on any atom is 0.129 e. The van der Waals surface area contributed by atoms with Gasteiger partial charge in [0.1, 0.15) is 4.60 Å². The molecule has 4 heteroatoms. The Labute approximate surface area is 97.2 Å². The molecule has 1 aliphatic rings. The van der Waals surface area contributed by atoms with E-state index < -0.39 is 0 Å². The van der Waals surface area contributed by atoms with Crippen molar-refractivity contribution in [2.45, 2.75) is 25.8 Å². The maximum atomic E-state index is 5.87. The van der Waals surface area contributed by atoms with Gasteiger partial charge in [0.05, 0.1) is 10.7 Å². The summed E-state index contributed by atoms with van der Waals surface area (Å²) in [6.45, 7) is 2.26. The molecule has 1 aliphatic carbocycles. The third-order valence-corrected chi connectivity index (χ3v) is 3.61. The van der Waals surface area contributed by atoms with Crippen LogP contribution in [0.1, 0.15) is 19.8 Å². The number of halogens is 2. The van der Waals surface area contributed by atoms with Gasteiger partial charge in [0, 0.05) is 12.2 Å². The molecule has 0 bridgehead atoms. The van der Waals surface area contributed by atoms with E-state index in [1.54, 1.807) is 6.20 Å². The molecule has 0 aromatic carbocycles. The van der Waals surface area contributed by atoms with Crippen LogP contribution >= 0.6 is 27.5 Å². The van der Waals surface area contributed by atoms with Gasteiger partial charge in [0.2, 0.25) is 0 Å². The molecule has 2 nitrogen and oxygen atoms in total. The molecule has 2 rings (SSSR count). The van der Waals surface area contributed by atoms with E-state index >= 15 is 0 Å². The molecule has 0 amide bonds. The monoisotopic (exact) mass is 274 g/mol. The van der Waals surface area contributed by atoms with E-state index in [9.17, 15) is 0 Å². The summed E-state index contributed by atoms with van der Waals surface area (Å²) in [5.74, 6) is 0.751. The van der Waals surface area contributed by atoms with E-state index in [4.69, 9.17) is 11.6 Å². The van der Waals surface area contributed by atoms with Crippen molar-refractivity contribution < 1.29 is 0 Å². The van der Waals surface area contributed by atoms with Crippen molar-refractivity contribution in [3.05, 3.63) is 21.9 Å². The van der Waals surface area contributed by atoms with Gasteiger partial charge in [-0.25, -0.2) is 4.98 Å². The minimum absolute atomic E-state index is 0.576. The molecule has 14 heavy (non-hydrogen) atoms. The van der Waals surface area contributed by atoms with Crippen molar-refractivity contribution >= 4 is 33.2 Å². The van der Waals surface area contributed by atoms with Crippen molar-refractivity contribution in [3.63, 3.8) is 0 Å². The zero-order valence-corrected chi connectivity index (χ0v) is 10.3. The van der Waals surface area contributed by atoms with Crippen molar-refractivity contribution in [1.82, 2.24) is 4.98 Å². The molecule has 1 aromatic rings. The van der Waals surface area contributed by atoms with E-state index in [1.807, 2.05) is 6.07 Å². The fraction of sp³-hybridized carbons (Fsp3) is 0.500. The third-order valence-electron chi connectivity index (χ3n) is 2.77. The zero-order chi connectivity index (χ0) is 10.1. The predicted octanol–water partition coefficient (Wildman–Crippen LogP) is 3.71. The van der Waals surface area contributed by atoms with E-state index in [-0.39, 0.29) is 0 Å². The number of pyridine rings is 1. The van der Waals surface area contributed by atoms with Gasteiger partial charge in [-0.3, -0.25) is 0 Å². The van der Waals surface area contributed by atoms with Gasteiger partial charge in [0.25, 0.3) is 0 Å². The highest BCUT2D eigenvalue weighted by atomic mass is 79.9. The highest BCUT2D eigenvalue weighted by Crippen LogP contribution is 2.32. The van der Waals surface area contributed by atoms with E-state index in [1.165, 1.54) is 12.8 Å². The Morgan fingerprint density at radius 3 is 2.93 bits per heavy atom. The van der Waals surface area contributed by atoms with Crippen molar-refractivity contribution in [3.8, 4) is 0 Å². The summed E-state index contributed by atoms with van der Waals surface area (Å²) >= 11 is 9.27. The van der Waals surface area contributed by atoms with Gasteiger partial charge in [0.15, 0.2) is 0 Å². The first-order valence-corrected chi connectivity index (χ1v) is 5.91. The van der Waals surface area contributed by atoms with Crippen molar-refractivity contribution in [2.24, 2.45) is 5.92 Å². The summed E-state index contributed by atoms with van der Waals surface area (Å²) < 4.78 is 0.834. The Kier molecular flexibility index (Phi) is 2.98. The predicted molar refractivity (Wildman–Crippen MR) is 62.8 cm³/mol. The first kappa shape index (κ1) is 10.2. The molecular formula is C10H12BrClN2. The summed E-state index contributed by atoms with van der Waals surface area (Å²) in [4.78, 5) is 4.14. The fourth-order valence-corrected chi connectivity index (χ4v) is 2.09. The van der Waals surface area contributed by atoms with Crippen LogP contribution in [0.2, 0.25) is 5.02 Å². The molecule has 2 atom stereocenters. The number of hydrogen-bond acceptors (Lipinski definition) is 2. The number of rotatable bonds is 2. The second-order valence-electron chi connectivity index (χ2n) is 3.80. The highest BCUT2D eigenvalue weighted by Gasteiger charge is 2.26. The fourth-order valence-electron chi connectivity index (χ4n) is 1.60. The molecule has 0 saturated heterocycles. The Bertz CT molecular complexity index is 343. The smallest absolute Gasteiger partial charge is 0.129 e. The molecule has 0 spiro atoms. The lowest BCUT2D eigenvalue weighted by Gasteiger charge is -2.35. The van der Waals surface area contributed by atoms with E-state index in [2.05, 4.69) is 33.2 Å². The number of hydrogen-bond donors (Lipinski definition) is 1. The van der Waals surface area contributed by atoms with Crippen LogP contribution in [-0.2, 0) is 0 Å². The van der Waals surface area contributed by atoms with Crippen molar-refractivity contribution in [1.29, 1.82) is 0 Å². The van der Waals surface area contributed by atoms with Gasteiger partial charge in [-0.05, 0) is 40.8 Å². The molecule has 0 aliphatic heterocycles. The summed E-state index contributed by atoms with van der Waals surface area (Å²) in [7, 11) is 0. The molecular weight excluding hydrogens is 263 g/mol. The standard InChI is InChI=1S/C10H12BrClN2/c1-6-2-3-8(6)14-9-4-7(12)5-13-10(9)11/h4-6,8,14H,2-3H2,1H3. The second kappa shape index (κ2) is 4.07. The molecule has 1 N–H and O–H groups in total. The first-order valence-electron chi connectivity index (χ1n) is 4.74. The number of anilines is 1. The number of nitrogens with one attached hydrogen (secondary N) is 1. The second-order valence-corrected chi connectivity index (χ2v) is 4.98. The Balaban J connectivity index is 2.11. The quantitative estimate of drug-likeness (QED) is 0.832. The molecule has 1 saturated carbocycles. The van der Waals surface area contributed by atoms with E-state index in [0.717, 1.165) is 16.2 Å². The molecule has 2 unspecified atom stereocenters. The van der Waals surface area contributed by atoms with Gasteiger partial charge < -0.3 is 5.32 Å². The lowest BCUT2D eigenvalue weighted by atomic mass is 9.81. The minimum atomic E-state index is 0.576. The van der Waals surface area contributed by atoms with Gasteiger partial charge in [-0.15, -0.1) is 0 Å². The molecule has 1 aromatic heterocycles. The zero-order valence-electron chi connectivity index (χ0n) is 7.93. The molecule has 1 fully saturated rings. The normalized spacial score (nSPS) is 25.6. The van der Waals surface area contributed by atoms with Gasteiger partial charge in [-0.2, -0.15) is 0 Å². The van der Waals surface area contributed by atoms with Crippen LogP contribution in [0.15, 0.2) is 16.9 Å². The van der Waals surface area contributed by atoms with Gasteiger partial charge in [-0.1, -0.05) is 18.5 Å². The Morgan fingerprint density at radius 2 is 2.36 bits per heavy atom. The minimum Gasteiger partial charge on any atom is -0.380 e. The summed E-state index contributed by atoms with van der Waals surface area (Å²) in [5.41, 5.74) is 0.994. The van der Waals surface area contributed by atoms with Crippen LogP contribution in [0.5, 0.6) is 0 Å². The summed E-state index contributed by atoms with van der Waals surface area (Å²) in [5, 5.41) is 4.11. The lowest BCUT2D eigenvalue weighted by Crippen LogP contribution is -2.36. The Morgan fingerprint density at radius 1 is 1.57 bits per heavy atom. The third kappa shape index (κ3) is 2.04. The number of aromatic nitrogens is 1. The SMILES string of the molecule is CC1CCC1Nc1cc(Cl)cnc1Br.